The molecular weight excluding hydrogens is 332 g/mol. The van der Waals surface area contributed by atoms with E-state index in [0.717, 1.165) is 44.8 Å². The molecule has 2 aliphatic rings. The maximum atomic E-state index is 9.77. The second-order valence-corrected chi connectivity index (χ2v) is 8.42. The Hall–Kier alpha value is -1.21. The van der Waals surface area contributed by atoms with Crippen LogP contribution < -0.4 is 0 Å². The van der Waals surface area contributed by atoms with Gasteiger partial charge in [0, 0.05) is 37.6 Å². The van der Waals surface area contributed by atoms with Crippen molar-refractivity contribution in [2.75, 3.05) is 19.6 Å². The normalized spacial score (nSPS) is 20.6. The van der Waals surface area contributed by atoms with E-state index < -0.39 is 6.10 Å². The van der Waals surface area contributed by atoms with Gasteiger partial charge >= 0.3 is 0 Å². The third-order valence-electron chi connectivity index (χ3n) is 5.23. The molecule has 0 radical (unpaired) electrons. The molecule has 25 heavy (non-hydrogen) atoms. The standard InChI is InChI=1S/C19H28N4OS/c1-15(24)19-10-17-12-22(7-4-8-23(17)20-19)13-18-9-16(14-25-18)11-21-5-2-3-6-21/h9-10,14-15,24H,2-8,11-13H2,1H3/t15-/m0/s1. The minimum absolute atomic E-state index is 0.488. The Bertz CT molecular complexity index is 702. The third-order valence-corrected chi connectivity index (χ3v) is 6.20. The molecule has 2 aromatic rings. The molecule has 0 amide bonds. The fraction of sp³-hybridized carbons (Fsp3) is 0.632. The molecule has 0 spiro atoms. The average molecular weight is 361 g/mol. The lowest BCUT2D eigenvalue weighted by Crippen LogP contribution is -2.22. The maximum absolute atomic E-state index is 9.77. The van der Waals surface area contributed by atoms with Crippen LogP contribution in [0, 0.1) is 0 Å². The Morgan fingerprint density at radius 3 is 2.68 bits per heavy atom. The van der Waals surface area contributed by atoms with Crippen LogP contribution in [0.2, 0.25) is 0 Å². The Kier molecular flexibility index (Phi) is 5.22. The predicted molar refractivity (Wildman–Crippen MR) is 100 cm³/mol. The van der Waals surface area contributed by atoms with E-state index in [1.807, 2.05) is 11.3 Å². The summed E-state index contributed by atoms with van der Waals surface area (Å²) in [6.45, 7) is 9.39. The Morgan fingerprint density at radius 2 is 1.88 bits per heavy atom. The van der Waals surface area contributed by atoms with Gasteiger partial charge in [-0.25, -0.2) is 0 Å². The third kappa shape index (κ3) is 4.14. The molecule has 2 aromatic heterocycles. The van der Waals surface area contributed by atoms with Gasteiger partial charge in [-0.1, -0.05) is 0 Å². The number of aryl methyl sites for hydroxylation is 1. The van der Waals surface area contributed by atoms with Crippen molar-refractivity contribution in [3.05, 3.63) is 39.3 Å². The van der Waals surface area contributed by atoms with Crippen LogP contribution in [0.5, 0.6) is 0 Å². The van der Waals surface area contributed by atoms with Crippen molar-refractivity contribution in [3.63, 3.8) is 0 Å². The zero-order valence-electron chi connectivity index (χ0n) is 15.0. The summed E-state index contributed by atoms with van der Waals surface area (Å²) in [4.78, 5) is 6.53. The molecule has 4 heterocycles. The number of fused-ring (bicyclic) bond motifs is 1. The summed E-state index contributed by atoms with van der Waals surface area (Å²) in [5.41, 5.74) is 3.49. The summed E-state index contributed by atoms with van der Waals surface area (Å²) in [6, 6.07) is 4.46. The molecule has 0 bridgehead atoms. The minimum Gasteiger partial charge on any atom is -0.387 e. The molecule has 2 aliphatic heterocycles. The fourth-order valence-electron chi connectivity index (χ4n) is 3.90. The van der Waals surface area contributed by atoms with Crippen molar-refractivity contribution >= 4 is 11.3 Å². The smallest absolute Gasteiger partial charge is 0.0950 e. The monoisotopic (exact) mass is 360 g/mol. The van der Waals surface area contributed by atoms with Crippen LogP contribution in [0.1, 0.15) is 54.1 Å². The summed E-state index contributed by atoms with van der Waals surface area (Å²) in [5, 5.41) is 16.7. The van der Waals surface area contributed by atoms with E-state index in [1.54, 1.807) is 6.92 Å². The van der Waals surface area contributed by atoms with Crippen LogP contribution in [0.25, 0.3) is 0 Å². The second kappa shape index (κ2) is 7.58. The summed E-state index contributed by atoms with van der Waals surface area (Å²) < 4.78 is 2.08. The van der Waals surface area contributed by atoms with E-state index in [4.69, 9.17) is 0 Å². The first-order valence-electron chi connectivity index (χ1n) is 9.43. The molecular formula is C19H28N4OS. The van der Waals surface area contributed by atoms with Crippen molar-refractivity contribution in [1.82, 2.24) is 19.6 Å². The van der Waals surface area contributed by atoms with E-state index in [9.17, 15) is 5.11 Å². The Morgan fingerprint density at radius 1 is 1.08 bits per heavy atom. The molecule has 1 fully saturated rings. The number of likely N-dealkylation sites (tertiary alicyclic amines) is 1. The molecule has 1 N–H and O–H groups in total. The second-order valence-electron chi connectivity index (χ2n) is 7.43. The lowest BCUT2D eigenvalue weighted by atomic mass is 10.2. The first kappa shape index (κ1) is 17.2. The minimum atomic E-state index is -0.488. The summed E-state index contributed by atoms with van der Waals surface area (Å²) in [7, 11) is 0. The highest BCUT2D eigenvalue weighted by Gasteiger charge is 2.19. The molecule has 0 aliphatic carbocycles. The zero-order chi connectivity index (χ0) is 17.2. The van der Waals surface area contributed by atoms with Crippen LogP contribution >= 0.6 is 11.3 Å². The highest BCUT2D eigenvalue weighted by atomic mass is 32.1. The maximum Gasteiger partial charge on any atom is 0.0950 e. The van der Waals surface area contributed by atoms with E-state index in [0.29, 0.717) is 0 Å². The van der Waals surface area contributed by atoms with Gasteiger partial charge in [0.2, 0.25) is 0 Å². The molecule has 0 saturated carbocycles. The van der Waals surface area contributed by atoms with Crippen LogP contribution in [0.3, 0.4) is 0 Å². The first-order chi connectivity index (χ1) is 12.2. The number of rotatable bonds is 5. The van der Waals surface area contributed by atoms with Crippen molar-refractivity contribution in [2.24, 2.45) is 0 Å². The van der Waals surface area contributed by atoms with Gasteiger partial charge in [0.25, 0.3) is 0 Å². The quantitative estimate of drug-likeness (QED) is 0.890. The summed E-state index contributed by atoms with van der Waals surface area (Å²) in [5.74, 6) is 0. The SMILES string of the molecule is C[C@H](O)c1cc2n(n1)CCCN(Cc1cc(CN3CCCC3)cs1)C2. The number of aromatic nitrogens is 2. The first-order valence-corrected chi connectivity index (χ1v) is 10.3. The average Bonchev–Trinajstić information content (AvgIpc) is 3.29. The zero-order valence-corrected chi connectivity index (χ0v) is 15.8. The van der Waals surface area contributed by atoms with Crippen molar-refractivity contribution in [3.8, 4) is 0 Å². The molecule has 4 rings (SSSR count). The van der Waals surface area contributed by atoms with Gasteiger partial charge in [0.15, 0.2) is 0 Å². The number of hydrogen-bond acceptors (Lipinski definition) is 5. The highest BCUT2D eigenvalue weighted by Crippen LogP contribution is 2.23. The fourth-order valence-corrected chi connectivity index (χ4v) is 4.82. The van der Waals surface area contributed by atoms with Crippen LogP contribution in [0.4, 0.5) is 0 Å². The van der Waals surface area contributed by atoms with Crippen LogP contribution in [-0.4, -0.2) is 44.3 Å². The molecule has 136 valence electrons. The Labute approximate surface area is 153 Å². The molecule has 6 heteroatoms. The van der Waals surface area contributed by atoms with Crippen LogP contribution in [0.15, 0.2) is 17.5 Å². The van der Waals surface area contributed by atoms with Gasteiger partial charge in [-0.3, -0.25) is 14.5 Å². The number of thiophene rings is 1. The number of aliphatic hydroxyl groups is 1. The van der Waals surface area contributed by atoms with E-state index >= 15 is 0 Å². The lowest BCUT2D eigenvalue weighted by Gasteiger charge is -2.18. The predicted octanol–water partition coefficient (Wildman–Crippen LogP) is 3.00. The topological polar surface area (TPSA) is 44.5 Å². The van der Waals surface area contributed by atoms with E-state index in [-0.39, 0.29) is 0 Å². The van der Waals surface area contributed by atoms with Gasteiger partial charge in [0.1, 0.15) is 0 Å². The lowest BCUT2D eigenvalue weighted by molar-refractivity contribution is 0.193. The number of aliphatic hydroxyl groups excluding tert-OH is 1. The number of hydrogen-bond donors (Lipinski definition) is 1. The molecule has 0 unspecified atom stereocenters. The molecule has 5 nitrogen and oxygen atoms in total. The van der Waals surface area contributed by atoms with Gasteiger partial charge in [-0.05, 0) is 62.4 Å². The molecule has 1 atom stereocenters. The van der Waals surface area contributed by atoms with Crippen molar-refractivity contribution in [2.45, 2.75) is 58.5 Å². The van der Waals surface area contributed by atoms with Crippen LogP contribution in [-0.2, 0) is 26.2 Å². The Balaban J connectivity index is 1.39. The van der Waals surface area contributed by atoms with Gasteiger partial charge in [-0.2, -0.15) is 5.10 Å². The highest BCUT2D eigenvalue weighted by molar-refractivity contribution is 7.10. The number of nitrogens with zero attached hydrogens (tertiary/aromatic N) is 4. The summed E-state index contributed by atoms with van der Waals surface area (Å²) >= 11 is 1.89. The van der Waals surface area contributed by atoms with Crippen molar-refractivity contribution < 1.29 is 5.11 Å². The van der Waals surface area contributed by atoms with Gasteiger partial charge < -0.3 is 5.11 Å². The largest absolute Gasteiger partial charge is 0.387 e. The van der Waals surface area contributed by atoms with E-state index in [1.165, 1.54) is 42.1 Å². The molecule has 1 saturated heterocycles. The van der Waals surface area contributed by atoms with Crippen molar-refractivity contribution in [1.29, 1.82) is 0 Å². The van der Waals surface area contributed by atoms with Gasteiger partial charge in [-0.15, -0.1) is 11.3 Å². The summed E-state index contributed by atoms with van der Waals surface area (Å²) in [6.07, 6.45) is 3.33. The molecule has 0 aromatic carbocycles. The van der Waals surface area contributed by atoms with E-state index in [2.05, 4.69) is 37.1 Å². The van der Waals surface area contributed by atoms with Gasteiger partial charge in [0.05, 0.1) is 17.5 Å².